The highest BCUT2D eigenvalue weighted by Gasteiger charge is 2.22. The van der Waals surface area contributed by atoms with Crippen molar-refractivity contribution in [2.24, 2.45) is 0 Å². The largest absolute Gasteiger partial charge is 0.502 e. The maximum atomic E-state index is 11.8. The smallest absolute Gasteiger partial charge is 0.271 e. The molecule has 0 amide bonds. The fourth-order valence-corrected chi connectivity index (χ4v) is 4.43. The van der Waals surface area contributed by atoms with Gasteiger partial charge in [0.15, 0.2) is 5.75 Å². The third kappa shape index (κ3) is 4.69. The summed E-state index contributed by atoms with van der Waals surface area (Å²) in [5, 5.41) is 18.8. The van der Waals surface area contributed by atoms with Gasteiger partial charge in [-0.05, 0) is 46.5 Å². The molecule has 1 unspecified atom stereocenters. The first-order chi connectivity index (χ1) is 16.5. The van der Waals surface area contributed by atoms with Crippen LogP contribution in [0.15, 0.2) is 107 Å². The van der Waals surface area contributed by atoms with Crippen LogP contribution in [0.1, 0.15) is 35.7 Å². The second kappa shape index (κ2) is 10.1. The zero-order valence-electron chi connectivity index (χ0n) is 19.1. The van der Waals surface area contributed by atoms with Crippen molar-refractivity contribution in [1.82, 2.24) is 5.32 Å². The summed E-state index contributed by atoms with van der Waals surface area (Å²) in [5.41, 5.74) is 2.31. The van der Waals surface area contributed by atoms with Crippen LogP contribution in [0.4, 0.5) is 11.4 Å². The lowest BCUT2D eigenvalue weighted by Crippen LogP contribution is -2.32. The molecule has 0 fully saturated rings. The van der Waals surface area contributed by atoms with Gasteiger partial charge in [0.05, 0.1) is 6.04 Å². The summed E-state index contributed by atoms with van der Waals surface area (Å²) in [6.45, 7) is 2.15. The molecule has 0 aliphatic carbocycles. The third-order valence-electron chi connectivity index (χ3n) is 6.21. The van der Waals surface area contributed by atoms with Crippen LogP contribution in [-0.2, 0) is 0 Å². The minimum absolute atomic E-state index is 0. The first-order valence-electron chi connectivity index (χ1n) is 11.2. The van der Waals surface area contributed by atoms with Crippen LogP contribution in [0.3, 0.4) is 0 Å². The molecule has 5 aromatic carbocycles. The van der Waals surface area contributed by atoms with Gasteiger partial charge in [0.25, 0.3) is 10.9 Å². The van der Waals surface area contributed by atoms with Crippen LogP contribution < -0.4 is 21.5 Å². The standard InChI is InChI=1S/C29H24N2O3.ClH/c1-18(23-16-8-12-19-9-5-6-15-24(19)23)30-25(20-10-3-2-4-11-20)21-13-7-14-22(17-21)31-26-27(32)29(34)28(26)33;/h2-18,25,30-32H,1H3;1H/t18-,25?;/m1./s1. The van der Waals surface area contributed by atoms with E-state index in [2.05, 4.69) is 66.1 Å². The van der Waals surface area contributed by atoms with Crippen LogP contribution in [-0.4, -0.2) is 5.11 Å². The maximum Gasteiger partial charge on any atom is 0.271 e. The molecule has 2 atom stereocenters. The van der Waals surface area contributed by atoms with Crippen molar-refractivity contribution in [2.75, 3.05) is 5.32 Å². The van der Waals surface area contributed by atoms with Crippen molar-refractivity contribution in [2.45, 2.75) is 19.0 Å². The normalized spacial score (nSPS) is 12.7. The van der Waals surface area contributed by atoms with Gasteiger partial charge >= 0.3 is 0 Å². The van der Waals surface area contributed by atoms with Gasteiger partial charge < -0.3 is 10.4 Å². The van der Waals surface area contributed by atoms with Gasteiger partial charge in [0, 0.05) is 11.7 Å². The van der Waals surface area contributed by atoms with Gasteiger partial charge in [0.1, 0.15) is 5.69 Å². The van der Waals surface area contributed by atoms with E-state index >= 15 is 0 Å². The van der Waals surface area contributed by atoms with E-state index in [-0.39, 0.29) is 30.2 Å². The molecular weight excluding hydrogens is 460 g/mol. The summed E-state index contributed by atoms with van der Waals surface area (Å²) in [4.78, 5) is 23.1. The second-order valence-corrected chi connectivity index (χ2v) is 8.43. The van der Waals surface area contributed by atoms with E-state index < -0.39 is 16.6 Å². The highest BCUT2D eigenvalue weighted by atomic mass is 35.5. The number of anilines is 2. The highest BCUT2D eigenvalue weighted by molar-refractivity contribution is 5.86. The first-order valence-corrected chi connectivity index (χ1v) is 11.2. The molecule has 0 saturated carbocycles. The van der Waals surface area contributed by atoms with Crippen molar-refractivity contribution >= 4 is 34.6 Å². The Bertz CT molecular complexity index is 1540. The Morgan fingerprint density at radius 3 is 2.17 bits per heavy atom. The number of hydrogen-bond acceptors (Lipinski definition) is 5. The van der Waals surface area contributed by atoms with Crippen LogP contribution in [0, 0.1) is 0 Å². The summed E-state index contributed by atoms with van der Waals surface area (Å²) in [5.74, 6) is -0.516. The zero-order valence-corrected chi connectivity index (χ0v) is 19.9. The number of fused-ring (bicyclic) bond motifs is 1. The molecule has 5 nitrogen and oxygen atoms in total. The minimum atomic E-state index is -0.855. The summed E-state index contributed by atoms with van der Waals surface area (Å²) >= 11 is 0. The Balaban J connectivity index is 0.00000289. The van der Waals surface area contributed by atoms with Gasteiger partial charge in [-0.2, -0.15) is 0 Å². The topological polar surface area (TPSA) is 78.4 Å². The lowest BCUT2D eigenvalue weighted by Gasteiger charge is -2.26. The fourth-order valence-electron chi connectivity index (χ4n) is 4.43. The first kappa shape index (κ1) is 24.2. The molecule has 0 bridgehead atoms. The van der Waals surface area contributed by atoms with E-state index in [1.54, 1.807) is 6.07 Å². The molecule has 0 saturated heterocycles. The summed E-state index contributed by atoms with van der Waals surface area (Å²) in [7, 11) is 0. The molecule has 176 valence electrons. The molecule has 0 aliphatic heterocycles. The molecule has 0 aromatic heterocycles. The van der Waals surface area contributed by atoms with E-state index in [1.807, 2.05) is 42.5 Å². The number of rotatable bonds is 7. The quantitative estimate of drug-likeness (QED) is 0.256. The predicted octanol–water partition coefficient (Wildman–Crippen LogP) is 5.75. The average molecular weight is 485 g/mol. The van der Waals surface area contributed by atoms with Gasteiger partial charge in [-0.3, -0.25) is 14.9 Å². The van der Waals surface area contributed by atoms with E-state index in [4.69, 9.17) is 0 Å². The van der Waals surface area contributed by atoms with Crippen LogP contribution >= 0.6 is 12.4 Å². The van der Waals surface area contributed by atoms with Crippen molar-refractivity contribution in [3.8, 4) is 5.75 Å². The SMILES string of the molecule is C[C@@H](NC(c1ccccc1)c1cccc(Nc2c(O)c(=O)c2=O)c1)c1cccc2ccccc12.Cl. The number of hydrogen-bond donors (Lipinski definition) is 3. The number of aromatic hydroxyl groups is 1. The van der Waals surface area contributed by atoms with Crippen LogP contribution in [0.25, 0.3) is 10.8 Å². The lowest BCUT2D eigenvalue weighted by atomic mass is 9.94. The molecular formula is C29H25ClN2O3. The van der Waals surface area contributed by atoms with Gasteiger partial charge in [0.2, 0.25) is 0 Å². The van der Waals surface area contributed by atoms with E-state index in [0.29, 0.717) is 5.69 Å². The molecule has 3 N–H and O–H groups in total. The second-order valence-electron chi connectivity index (χ2n) is 8.43. The molecule has 0 aliphatic rings. The predicted molar refractivity (Wildman–Crippen MR) is 144 cm³/mol. The molecule has 0 heterocycles. The minimum Gasteiger partial charge on any atom is -0.502 e. The fraction of sp³-hybridized carbons (Fsp3) is 0.103. The van der Waals surface area contributed by atoms with Crippen molar-refractivity contribution in [3.63, 3.8) is 0 Å². The lowest BCUT2D eigenvalue weighted by molar-refractivity contribution is 0.466. The summed E-state index contributed by atoms with van der Waals surface area (Å²) in [6.07, 6.45) is 0. The number of nitrogens with one attached hydrogen (secondary N) is 2. The third-order valence-corrected chi connectivity index (χ3v) is 6.21. The van der Waals surface area contributed by atoms with Crippen molar-refractivity contribution < 1.29 is 5.11 Å². The van der Waals surface area contributed by atoms with Gasteiger partial charge in [-0.15, -0.1) is 12.4 Å². The zero-order chi connectivity index (χ0) is 23.7. The van der Waals surface area contributed by atoms with E-state index in [0.717, 1.165) is 11.1 Å². The molecule has 35 heavy (non-hydrogen) atoms. The molecule has 5 aromatic rings. The molecule has 6 heteroatoms. The number of benzene rings is 4. The van der Waals surface area contributed by atoms with Crippen molar-refractivity contribution in [1.29, 1.82) is 0 Å². The Morgan fingerprint density at radius 1 is 0.743 bits per heavy atom. The Labute approximate surface area is 209 Å². The average Bonchev–Trinajstić information content (AvgIpc) is 2.90. The Hall–Kier alpha value is -3.93. The van der Waals surface area contributed by atoms with Crippen LogP contribution in [0.5, 0.6) is 5.75 Å². The molecule has 0 radical (unpaired) electrons. The highest BCUT2D eigenvalue weighted by Crippen LogP contribution is 2.31. The Kier molecular flexibility index (Phi) is 7.01. The van der Waals surface area contributed by atoms with Gasteiger partial charge in [-0.25, -0.2) is 0 Å². The summed E-state index contributed by atoms with van der Waals surface area (Å²) < 4.78 is 0. The van der Waals surface area contributed by atoms with Crippen molar-refractivity contribution in [3.05, 3.63) is 134 Å². The monoisotopic (exact) mass is 484 g/mol. The maximum absolute atomic E-state index is 11.8. The van der Waals surface area contributed by atoms with Gasteiger partial charge in [-0.1, -0.05) is 84.9 Å². The Morgan fingerprint density at radius 2 is 1.40 bits per heavy atom. The summed E-state index contributed by atoms with van der Waals surface area (Å²) in [6, 6.07) is 32.4. The molecule has 0 spiro atoms. The molecule has 5 rings (SSSR count). The number of halogens is 1. The van der Waals surface area contributed by atoms with E-state index in [9.17, 15) is 14.7 Å². The van der Waals surface area contributed by atoms with Crippen LogP contribution in [0.2, 0.25) is 0 Å². The van der Waals surface area contributed by atoms with E-state index in [1.165, 1.54) is 16.3 Å².